The molecule has 5 atom stereocenters. The van der Waals surface area contributed by atoms with Gasteiger partial charge in [-0.3, -0.25) is 37.6 Å². The first-order chi connectivity index (χ1) is 49.8. The quantitative estimate of drug-likeness (QED) is 0.0176. The zero-order chi connectivity index (χ0) is 77.3. The van der Waals surface area contributed by atoms with Crippen molar-refractivity contribution >= 4 is 100 Å². The number of fused-ring (bicyclic) bond motifs is 2. The molecule has 3 fully saturated rings. The van der Waals surface area contributed by atoms with Crippen LogP contribution in [0, 0.1) is 11.8 Å². The summed E-state index contributed by atoms with van der Waals surface area (Å²) in [5, 5.41) is 37.6. The van der Waals surface area contributed by atoms with Crippen molar-refractivity contribution in [3.05, 3.63) is 124 Å². The predicted octanol–water partition coefficient (Wildman–Crippen LogP) is 3.63. The van der Waals surface area contributed by atoms with Gasteiger partial charge in [0.25, 0.3) is 30.4 Å². The Bertz CT molecular complexity index is 4480. The van der Waals surface area contributed by atoms with Gasteiger partial charge in [-0.2, -0.15) is 29.8 Å². The van der Waals surface area contributed by atoms with Crippen molar-refractivity contribution < 1.29 is 115 Å². The van der Waals surface area contributed by atoms with Crippen molar-refractivity contribution in [2.75, 3.05) is 82.1 Å². The molecule has 578 valence electrons. The van der Waals surface area contributed by atoms with Crippen LogP contribution in [0.1, 0.15) is 128 Å². The SMILES string of the molecule is CC1(C)C(/C=C/C2=C(Oc3ccc(C[C@H](NC(=O)CCOCCOCCNC(=O)C4CCN(C(=O)C[C@@H]5C[C@@H](C(=O)N6CCC[C@H]6B(O)O)NC5=O)C4)C(=O)O)cc3)C(=C/C=C3/N(CCCCS(=O)(=O)[O-])c4ccc(S(=O)(=O)O)cc4C3(C)C)/CCC2)=[N+](CCCCS(=O)(=O)O)c2ccc(S(=O)(=O)O)cc21. The van der Waals surface area contributed by atoms with Crippen LogP contribution in [0.3, 0.4) is 0 Å². The summed E-state index contributed by atoms with van der Waals surface area (Å²) in [4.78, 5) is 81.9. The number of ether oxygens (including phenoxy) is 3. The van der Waals surface area contributed by atoms with Crippen molar-refractivity contribution in [3.63, 3.8) is 0 Å². The van der Waals surface area contributed by atoms with E-state index in [2.05, 4.69) is 16.0 Å². The van der Waals surface area contributed by atoms with Crippen LogP contribution < -0.4 is 25.6 Å². The number of carbonyl (C=O) groups excluding carboxylic acids is 5. The summed E-state index contributed by atoms with van der Waals surface area (Å²) in [6.45, 7) is 9.12. The molecule has 5 heterocycles. The van der Waals surface area contributed by atoms with E-state index in [0.717, 1.165) is 0 Å². The molecular weight excluding hydrogens is 1460 g/mol. The highest BCUT2D eigenvalue weighted by Gasteiger charge is 2.47. The van der Waals surface area contributed by atoms with Crippen molar-refractivity contribution in [2.45, 2.75) is 156 Å². The molecule has 6 aliphatic rings. The molecule has 36 heteroatoms. The molecule has 3 aromatic rings. The second-order valence-corrected chi connectivity index (χ2v) is 34.3. The Balaban J connectivity index is 0.827. The first kappa shape index (κ1) is 82.3. The van der Waals surface area contributed by atoms with Gasteiger partial charge in [-0.25, -0.2) is 13.2 Å². The molecule has 9 N–H and O–H groups in total. The fraction of sp³-hybridized carbons (Fsp3) is 0.529. The fourth-order valence-corrected chi connectivity index (χ4v) is 16.7. The molecule has 106 heavy (non-hydrogen) atoms. The van der Waals surface area contributed by atoms with Crippen LogP contribution in [0.2, 0.25) is 0 Å². The number of unbranched alkanes of at least 4 members (excludes halogenated alkanes) is 2. The second kappa shape index (κ2) is 34.7. The zero-order valence-corrected chi connectivity index (χ0v) is 62.7. The molecule has 5 aliphatic heterocycles. The monoisotopic (exact) mass is 1550 g/mol. The Labute approximate surface area is 617 Å². The molecule has 0 bridgehead atoms. The molecule has 0 spiro atoms. The summed E-state index contributed by atoms with van der Waals surface area (Å²) < 4.78 is 158. The largest absolute Gasteiger partial charge is 0.748 e. The van der Waals surface area contributed by atoms with Crippen LogP contribution in [0.15, 0.2) is 117 Å². The van der Waals surface area contributed by atoms with Gasteiger partial charge in [-0.15, -0.1) is 0 Å². The van der Waals surface area contributed by atoms with Gasteiger partial charge in [-0.1, -0.05) is 32.1 Å². The zero-order valence-electron chi connectivity index (χ0n) is 59.4. The lowest BCUT2D eigenvalue weighted by Crippen LogP contribution is -2.51. The first-order valence-corrected chi connectivity index (χ1v) is 41.2. The average Bonchev–Trinajstić information content (AvgIpc) is 1.59. The lowest BCUT2D eigenvalue weighted by molar-refractivity contribution is -0.438. The highest BCUT2D eigenvalue weighted by atomic mass is 32.2. The van der Waals surface area contributed by atoms with Gasteiger partial charge in [-0.05, 0) is 155 Å². The third kappa shape index (κ3) is 21.1. The van der Waals surface area contributed by atoms with Crippen molar-refractivity contribution in [1.29, 1.82) is 0 Å². The van der Waals surface area contributed by atoms with Crippen LogP contribution in [0.25, 0.3) is 0 Å². The number of rotatable bonds is 35. The number of hydrogen-bond acceptors (Lipinski definition) is 21. The minimum Gasteiger partial charge on any atom is -0.748 e. The number of carbonyl (C=O) groups is 6. The van der Waals surface area contributed by atoms with Gasteiger partial charge in [0.2, 0.25) is 35.2 Å². The van der Waals surface area contributed by atoms with E-state index in [1.165, 1.54) is 34.1 Å². The highest BCUT2D eigenvalue weighted by Crippen LogP contribution is 2.49. The molecule has 0 aromatic heterocycles. The van der Waals surface area contributed by atoms with E-state index in [4.69, 9.17) is 14.2 Å². The maximum absolute atomic E-state index is 13.2. The van der Waals surface area contributed by atoms with E-state index in [9.17, 15) is 95.8 Å². The van der Waals surface area contributed by atoms with Gasteiger partial charge in [0.15, 0.2) is 5.71 Å². The number of carboxylic acids is 1. The lowest BCUT2D eigenvalue weighted by atomic mass is 9.77. The summed E-state index contributed by atoms with van der Waals surface area (Å²) >= 11 is 0. The standard InChI is InChI=1S/C70H92BN7O24S4/c1-69(2)53-42-51(105(94,95)96)20-22-57(53)76(29-5-7-37-103(88,89)90)59(69)24-16-46-11-9-12-47(17-25-60-70(3,4)54-43-52(106(97,98)99)21-23-58(54)77(60)30-6-8-38-104(91,92)93)64(46)102-50-18-14-45(15-19-50)39-56(68(84)85)73-62(79)27-33-100-35-36-101-34-28-72-65(81)48-26-32-75(44-48)63(80)41-49-40-55(74-66(49)82)67(83)78-31-10-13-61(78)71(86)87/h14-25,42-43,48-49,55-56,61,86-87H,5-13,26-41,44H2,1-4H3,(H7-,72,73,74,79,81,82,84,85,88,89,90,91,92,93,94,95,96,97,98,99)/t48?,49-,55-,56-,61-/m0/s1. The van der Waals surface area contributed by atoms with Crippen LogP contribution in [0.5, 0.6) is 5.75 Å². The van der Waals surface area contributed by atoms with Crippen molar-refractivity contribution in [2.24, 2.45) is 11.8 Å². The number of amides is 5. The van der Waals surface area contributed by atoms with Crippen LogP contribution in [-0.4, -0.2) is 225 Å². The van der Waals surface area contributed by atoms with E-state index in [1.54, 1.807) is 36.4 Å². The molecule has 0 saturated carbocycles. The van der Waals surface area contributed by atoms with Gasteiger partial charge in [0.1, 0.15) is 30.1 Å². The molecule has 9 rings (SSSR count). The molecule has 1 unspecified atom stereocenters. The third-order valence-electron chi connectivity index (χ3n) is 20.1. The normalized spacial score (nSPS) is 21.3. The Morgan fingerprint density at radius 1 is 0.783 bits per heavy atom. The molecule has 5 amide bonds. The third-order valence-corrected chi connectivity index (χ3v) is 23.4. The number of carboxylic acid groups (broad SMARTS) is 1. The molecule has 1 aliphatic carbocycles. The smallest absolute Gasteiger partial charge is 0.475 e. The molecule has 3 aromatic carbocycles. The van der Waals surface area contributed by atoms with E-state index in [0.29, 0.717) is 114 Å². The van der Waals surface area contributed by atoms with Crippen LogP contribution >= 0.6 is 0 Å². The van der Waals surface area contributed by atoms with E-state index in [-0.39, 0.29) is 126 Å². The highest BCUT2D eigenvalue weighted by molar-refractivity contribution is 7.86. The minimum absolute atomic E-state index is 0.0344. The predicted molar refractivity (Wildman–Crippen MR) is 385 cm³/mol. The Morgan fingerprint density at radius 3 is 2.13 bits per heavy atom. The van der Waals surface area contributed by atoms with Gasteiger partial charge in [0, 0.05) is 105 Å². The first-order valence-electron chi connectivity index (χ1n) is 35.2. The maximum atomic E-state index is 13.2. The second-order valence-electron chi connectivity index (χ2n) is 28.3. The number of nitrogens with zero attached hydrogens (tertiary/aromatic N) is 4. The summed E-state index contributed by atoms with van der Waals surface area (Å²) in [7, 11) is -19.8. The van der Waals surface area contributed by atoms with Crippen LogP contribution in [0.4, 0.5) is 11.4 Å². The number of benzene rings is 3. The maximum Gasteiger partial charge on any atom is 0.475 e. The summed E-state index contributed by atoms with van der Waals surface area (Å²) in [5.74, 6) is -5.70. The van der Waals surface area contributed by atoms with E-state index < -0.39 is 123 Å². The molecule has 3 saturated heterocycles. The van der Waals surface area contributed by atoms with E-state index in [1.807, 2.05) is 61.5 Å². The topological polar surface area (TPSA) is 460 Å². The Morgan fingerprint density at radius 2 is 1.46 bits per heavy atom. The fourth-order valence-electron chi connectivity index (χ4n) is 14.5. The molecule has 0 radical (unpaired) electrons. The number of nitrogens with one attached hydrogen (secondary N) is 3. The van der Waals surface area contributed by atoms with Crippen LogP contribution in [-0.2, 0) is 96.0 Å². The molecule has 31 nitrogen and oxygen atoms in total. The lowest BCUT2D eigenvalue weighted by Gasteiger charge is -2.28. The Hall–Kier alpha value is -7.75. The van der Waals surface area contributed by atoms with E-state index >= 15 is 0 Å². The van der Waals surface area contributed by atoms with Gasteiger partial charge >= 0.3 is 13.1 Å². The average molecular weight is 1550 g/mol. The number of likely N-dealkylation sites (tertiary alicyclic amines) is 2. The summed E-state index contributed by atoms with van der Waals surface area (Å²) in [6.07, 6.45) is 10.7. The minimum atomic E-state index is -4.64. The number of anilines is 1. The van der Waals surface area contributed by atoms with Gasteiger partial charge < -0.3 is 64.6 Å². The summed E-state index contributed by atoms with van der Waals surface area (Å²) in [5.41, 5.74) is 3.64. The number of allylic oxidation sites excluding steroid dienone is 7. The Kier molecular flexibility index (Phi) is 26.9. The van der Waals surface area contributed by atoms with Gasteiger partial charge in [0.05, 0.1) is 69.4 Å². The number of aliphatic carboxylic acids is 1. The van der Waals surface area contributed by atoms with Crippen molar-refractivity contribution in [1.82, 2.24) is 25.8 Å². The number of hydrogen-bond donors (Lipinski definition) is 9. The molecular formula is C70H92BN7O24S4. The summed E-state index contributed by atoms with van der Waals surface area (Å²) in [6, 6.07) is 12.7. The van der Waals surface area contributed by atoms with Crippen molar-refractivity contribution in [3.8, 4) is 5.75 Å².